The third-order valence-electron chi connectivity index (χ3n) is 4.84. The first-order chi connectivity index (χ1) is 14.5. The van der Waals surface area contributed by atoms with Gasteiger partial charge in [-0.25, -0.2) is 10.1 Å². The predicted octanol–water partition coefficient (Wildman–Crippen LogP) is 2.44. The Kier molecular flexibility index (Phi) is 4.88. The van der Waals surface area contributed by atoms with E-state index >= 15 is 0 Å². The maximum Gasteiger partial charge on any atom is 0.311 e. The third-order valence-corrected chi connectivity index (χ3v) is 4.84. The van der Waals surface area contributed by atoms with Gasteiger partial charge in [-0.3, -0.25) is 14.9 Å². The smallest absolute Gasteiger partial charge is 0.311 e. The molecular formula is C20H17N5O5. The van der Waals surface area contributed by atoms with E-state index in [4.69, 9.17) is 0 Å². The molecule has 0 fully saturated rings. The highest BCUT2D eigenvalue weighted by atomic mass is 16.6. The van der Waals surface area contributed by atoms with Crippen molar-refractivity contribution < 1.29 is 19.9 Å². The number of carbonyl (C=O) groups is 1. The number of fused-ring (bicyclic) bond motifs is 1. The summed E-state index contributed by atoms with van der Waals surface area (Å²) >= 11 is 0. The molecule has 1 aliphatic carbocycles. The van der Waals surface area contributed by atoms with Gasteiger partial charge in [0.05, 0.1) is 16.8 Å². The molecule has 1 heterocycles. The van der Waals surface area contributed by atoms with E-state index in [1.807, 2.05) is 30.3 Å². The molecule has 3 N–H and O–H groups in total. The van der Waals surface area contributed by atoms with Crippen LogP contribution in [0.25, 0.3) is 5.69 Å². The van der Waals surface area contributed by atoms with Gasteiger partial charge in [-0.2, -0.15) is 10.2 Å². The number of phenols is 2. The first-order valence-electron chi connectivity index (χ1n) is 9.15. The van der Waals surface area contributed by atoms with Gasteiger partial charge in [-0.1, -0.05) is 18.2 Å². The summed E-state index contributed by atoms with van der Waals surface area (Å²) in [6, 6.07) is 11.3. The quantitative estimate of drug-likeness (QED) is 0.337. The number of hydrazone groups is 1. The summed E-state index contributed by atoms with van der Waals surface area (Å²) < 4.78 is 1.76. The average molecular weight is 407 g/mol. The second kappa shape index (κ2) is 7.66. The van der Waals surface area contributed by atoms with Gasteiger partial charge in [-0.15, -0.1) is 0 Å². The Labute approximate surface area is 170 Å². The number of nitro benzene ring substituents is 1. The molecule has 0 aliphatic heterocycles. The number of aromatic nitrogens is 2. The maximum absolute atomic E-state index is 12.6. The Balaban J connectivity index is 1.57. The van der Waals surface area contributed by atoms with Gasteiger partial charge in [-0.05, 0) is 31.4 Å². The highest BCUT2D eigenvalue weighted by Crippen LogP contribution is 2.32. The van der Waals surface area contributed by atoms with Crippen LogP contribution in [0.2, 0.25) is 0 Å². The number of benzene rings is 2. The standard InChI is InChI=1S/C20H17N5O5/c26-17-10-18(27)16(25(29)30)9-12(17)11-21-22-20(28)19-14-7-4-8-15(14)24(23-19)13-5-2-1-3-6-13/h1-3,5-6,9-11,26-27H,4,7-8H2,(H,22,28)/b21-11+. The molecule has 30 heavy (non-hydrogen) atoms. The minimum Gasteiger partial charge on any atom is -0.507 e. The number of phenolic OH excluding ortho intramolecular Hbond substituents is 2. The summed E-state index contributed by atoms with van der Waals surface area (Å²) in [7, 11) is 0. The molecule has 4 rings (SSSR count). The number of para-hydroxylation sites is 1. The monoisotopic (exact) mass is 407 g/mol. The first-order valence-corrected chi connectivity index (χ1v) is 9.15. The summed E-state index contributed by atoms with van der Waals surface area (Å²) in [5, 5.41) is 38.5. The average Bonchev–Trinajstić information content (AvgIpc) is 3.32. The number of amides is 1. The summed E-state index contributed by atoms with van der Waals surface area (Å²) in [5.74, 6) is -1.60. The predicted molar refractivity (Wildman–Crippen MR) is 107 cm³/mol. The number of nitro groups is 1. The fourth-order valence-electron chi connectivity index (χ4n) is 3.45. The van der Waals surface area contributed by atoms with Crippen molar-refractivity contribution in [3.8, 4) is 17.2 Å². The van der Waals surface area contributed by atoms with Crippen molar-refractivity contribution in [2.45, 2.75) is 19.3 Å². The molecule has 10 heteroatoms. The van der Waals surface area contributed by atoms with Crippen LogP contribution in [-0.2, 0) is 12.8 Å². The number of rotatable bonds is 5. The molecule has 152 valence electrons. The van der Waals surface area contributed by atoms with E-state index < -0.39 is 28.0 Å². The molecule has 1 amide bonds. The SMILES string of the molecule is O=C(N/N=C/c1cc([N+](=O)[O-])c(O)cc1O)c1nn(-c2ccccc2)c2c1CCC2. The lowest BCUT2D eigenvalue weighted by Gasteiger charge is -2.04. The molecule has 0 atom stereocenters. The molecular weight excluding hydrogens is 390 g/mol. The van der Waals surface area contributed by atoms with Crippen molar-refractivity contribution >= 4 is 17.8 Å². The highest BCUT2D eigenvalue weighted by Gasteiger charge is 2.26. The van der Waals surface area contributed by atoms with E-state index in [-0.39, 0.29) is 11.3 Å². The topological polar surface area (TPSA) is 143 Å². The zero-order valence-corrected chi connectivity index (χ0v) is 15.6. The van der Waals surface area contributed by atoms with Crippen LogP contribution < -0.4 is 5.43 Å². The lowest BCUT2D eigenvalue weighted by molar-refractivity contribution is -0.385. The van der Waals surface area contributed by atoms with E-state index in [2.05, 4.69) is 15.6 Å². The van der Waals surface area contributed by atoms with E-state index in [0.717, 1.165) is 54.6 Å². The Morgan fingerprint density at radius 2 is 1.97 bits per heavy atom. The molecule has 2 aromatic carbocycles. The molecule has 0 saturated carbocycles. The molecule has 0 saturated heterocycles. The number of nitrogens with one attached hydrogen (secondary N) is 1. The van der Waals surface area contributed by atoms with E-state index in [1.165, 1.54) is 0 Å². The summed E-state index contributed by atoms with van der Waals surface area (Å²) in [6.07, 6.45) is 3.54. The van der Waals surface area contributed by atoms with Crippen LogP contribution in [0.3, 0.4) is 0 Å². The molecule has 0 spiro atoms. The van der Waals surface area contributed by atoms with Crippen LogP contribution in [0.1, 0.15) is 33.7 Å². The number of hydrogen-bond donors (Lipinski definition) is 3. The Hall–Kier alpha value is -4.21. The number of nitrogens with zero attached hydrogens (tertiary/aromatic N) is 4. The Morgan fingerprint density at radius 3 is 2.70 bits per heavy atom. The number of aromatic hydroxyl groups is 2. The highest BCUT2D eigenvalue weighted by molar-refractivity contribution is 5.95. The van der Waals surface area contributed by atoms with Gasteiger partial charge in [0, 0.05) is 29.0 Å². The summed E-state index contributed by atoms with van der Waals surface area (Å²) in [6.45, 7) is 0. The summed E-state index contributed by atoms with van der Waals surface area (Å²) in [5.41, 5.74) is 4.72. The van der Waals surface area contributed by atoms with Crippen LogP contribution >= 0.6 is 0 Å². The van der Waals surface area contributed by atoms with E-state index in [1.54, 1.807) is 4.68 Å². The lowest BCUT2D eigenvalue weighted by Crippen LogP contribution is -2.20. The fraction of sp³-hybridized carbons (Fsp3) is 0.150. The van der Waals surface area contributed by atoms with Crippen LogP contribution in [0.15, 0.2) is 47.6 Å². The third kappa shape index (κ3) is 3.46. The Morgan fingerprint density at radius 1 is 1.20 bits per heavy atom. The molecule has 3 aromatic rings. The first kappa shape index (κ1) is 19.1. The van der Waals surface area contributed by atoms with Crippen molar-refractivity contribution in [3.63, 3.8) is 0 Å². The van der Waals surface area contributed by atoms with Crippen molar-refractivity contribution in [1.82, 2.24) is 15.2 Å². The molecule has 10 nitrogen and oxygen atoms in total. The van der Waals surface area contributed by atoms with Crippen molar-refractivity contribution in [1.29, 1.82) is 0 Å². The van der Waals surface area contributed by atoms with Crippen molar-refractivity contribution in [3.05, 3.63) is 75.1 Å². The number of hydrogen-bond acceptors (Lipinski definition) is 7. The van der Waals surface area contributed by atoms with E-state index in [0.29, 0.717) is 0 Å². The maximum atomic E-state index is 12.6. The van der Waals surface area contributed by atoms with Crippen molar-refractivity contribution in [2.24, 2.45) is 5.10 Å². The molecule has 0 unspecified atom stereocenters. The minimum atomic E-state index is -0.787. The van der Waals surface area contributed by atoms with Crippen LogP contribution in [0, 0.1) is 10.1 Å². The zero-order chi connectivity index (χ0) is 21.3. The second-order valence-electron chi connectivity index (χ2n) is 6.73. The van der Waals surface area contributed by atoms with E-state index in [9.17, 15) is 25.1 Å². The molecule has 0 bridgehead atoms. The second-order valence-corrected chi connectivity index (χ2v) is 6.73. The van der Waals surface area contributed by atoms with Gasteiger partial charge in [0.25, 0.3) is 5.91 Å². The largest absolute Gasteiger partial charge is 0.507 e. The normalized spacial score (nSPS) is 12.8. The van der Waals surface area contributed by atoms with Gasteiger partial charge in [0.15, 0.2) is 11.4 Å². The molecule has 0 radical (unpaired) electrons. The minimum absolute atomic E-state index is 0.0279. The number of carbonyl (C=O) groups excluding carboxylic acids is 1. The van der Waals surface area contributed by atoms with Crippen LogP contribution in [0.4, 0.5) is 5.69 Å². The Bertz CT molecular complexity index is 1170. The van der Waals surface area contributed by atoms with Gasteiger partial charge in [0.2, 0.25) is 0 Å². The lowest BCUT2D eigenvalue weighted by atomic mass is 10.2. The molecule has 1 aromatic heterocycles. The van der Waals surface area contributed by atoms with Crippen LogP contribution in [0.5, 0.6) is 11.5 Å². The van der Waals surface area contributed by atoms with Gasteiger partial charge in [0.1, 0.15) is 5.75 Å². The van der Waals surface area contributed by atoms with Gasteiger partial charge < -0.3 is 10.2 Å². The zero-order valence-electron chi connectivity index (χ0n) is 15.6. The summed E-state index contributed by atoms with van der Waals surface area (Å²) in [4.78, 5) is 22.8. The van der Waals surface area contributed by atoms with Crippen LogP contribution in [-0.4, -0.2) is 37.0 Å². The molecule has 1 aliphatic rings. The van der Waals surface area contributed by atoms with Crippen molar-refractivity contribution in [2.75, 3.05) is 0 Å². The fourth-order valence-corrected chi connectivity index (χ4v) is 3.45. The van der Waals surface area contributed by atoms with Gasteiger partial charge >= 0.3 is 5.69 Å².